The summed E-state index contributed by atoms with van der Waals surface area (Å²) < 4.78 is 13.8. The van der Waals surface area contributed by atoms with Crippen LogP contribution in [0.1, 0.15) is 18.1 Å². The van der Waals surface area contributed by atoms with Gasteiger partial charge in [-0.25, -0.2) is 4.99 Å². The third-order valence-corrected chi connectivity index (χ3v) is 6.54. The van der Waals surface area contributed by atoms with Crippen molar-refractivity contribution in [2.24, 2.45) is 4.99 Å². The number of thiazole rings is 1. The van der Waals surface area contributed by atoms with Gasteiger partial charge < -0.3 is 14.0 Å². The van der Waals surface area contributed by atoms with E-state index in [2.05, 4.69) is 83.6 Å². The Morgan fingerprint density at radius 1 is 0.875 bits per heavy atom. The van der Waals surface area contributed by atoms with Gasteiger partial charge in [0.2, 0.25) is 0 Å². The summed E-state index contributed by atoms with van der Waals surface area (Å²) in [6.45, 7) is 4.20. The fraction of sp³-hybridized carbons (Fsp3) is 0.222. The highest BCUT2D eigenvalue weighted by Crippen LogP contribution is 2.34. The zero-order valence-corrected chi connectivity index (χ0v) is 19.0. The molecule has 0 atom stereocenters. The standard InChI is InChI=1S/C27H26N2O2S/c1-2-20-8-11-23(12-9-20)28-27-29(15-14-21-6-4-3-5-7-21)24(19-32-27)22-10-13-25-26(18-22)31-17-16-30-25/h3-13,18-19H,2,14-17H2,1H3. The molecule has 1 aliphatic rings. The lowest BCUT2D eigenvalue weighted by Crippen LogP contribution is -2.18. The van der Waals surface area contributed by atoms with Crippen molar-refractivity contribution in [3.8, 4) is 22.8 Å². The van der Waals surface area contributed by atoms with Crippen LogP contribution in [-0.2, 0) is 19.4 Å². The first-order valence-corrected chi connectivity index (χ1v) is 11.9. The van der Waals surface area contributed by atoms with E-state index in [9.17, 15) is 0 Å². The lowest BCUT2D eigenvalue weighted by molar-refractivity contribution is 0.171. The van der Waals surface area contributed by atoms with Crippen LogP contribution in [-0.4, -0.2) is 17.8 Å². The first-order valence-electron chi connectivity index (χ1n) is 11.1. The van der Waals surface area contributed by atoms with Crippen molar-refractivity contribution in [2.75, 3.05) is 13.2 Å². The van der Waals surface area contributed by atoms with Gasteiger partial charge in [0.25, 0.3) is 0 Å². The molecule has 4 nitrogen and oxygen atoms in total. The van der Waals surface area contributed by atoms with E-state index in [0.717, 1.165) is 52.6 Å². The number of nitrogens with zero attached hydrogens (tertiary/aromatic N) is 2. The molecule has 5 heteroatoms. The molecule has 2 heterocycles. The summed E-state index contributed by atoms with van der Waals surface area (Å²) in [6.07, 6.45) is 1.97. The van der Waals surface area contributed by atoms with Crippen LogP contribution in [0.4, 0.5) is 5.69 Å². The average molecular weight is 443 g/mol. The summed E-state index contributed by atoms with van der Waals surface area (Å²) >= 11 is 1.67. The second-order valence-electron chi connectivity index (χ2n) is 7.78. The van der Waals surface area contributed by atoms with Gasteiger partial charge in [-0.1, -0.05) is 49.4 Å². The fourth-order valence-corrected chi connectivity index (χ4v) is 4.83. The van der Waals surface area contributed by atoms with Crippen molar-refractivity contribution in [2.45, 2.75) is 26.3 Å². The second kappa shape index (κ2) is 9.45. The van der Waals surface area contributed by atoms with Crippen LogP contribution in [0, 0.1) is 0 Å². The quantitative estimate of drug-likeness (QED) is 0.366. The Bertz CT molecular complexity index is 1260. The van der Waals surface area contributed by atoms with E-state index in [1.54, 1.807) is 11.3 Å². The molecule has 32 heavy (non-hydrogen) atoms. The van der Waals surface area contributed by atoms with E-state index in [1.165, 1.54) is 11.1 Å². The number of ether oxygens (including phenoxy) is 2. The minimum absolute atomic E-state index is 0.586. The van der Waals surface area contributed by atoms with Crippen molar-refractivity contribution < 1.29 is 9.47 Å². The normalized spacial score (nSPS) is 13.3. The van der Waals surface area contributed by atoms with Gasteiger partial charge in [0, 0.05) is 17.5 Å². The van der Waals surface area contributed by atoms with E-state index in [4.69, 9.17) is 14.5 Å². The van der Waals surface area contributed by atoms with Crippen LogP contribution in [0.15, 0.2) is 83.2 Å². The SMILES string of the molecule is CCc1ccc(N=c2scc(-c3ccc4c(c3)OCCO4)n2CCc2ccccc2)cc1. The smallest absolute Gasteiger partial charge is 0.190 e. The maximum atomic E-state index is 5.82. The van der Waals surface area contributed by atoms with Crippen LogP contribution < -0.4 is 14.3 Å². The number of hydrogen-bond donors (Lipinski definition) is 0. The number of hydrogen-bond acceptors (Lipinski definition) is 4. The van der Waals surface area contributed by atoms with Crippen LogP contribution in [0.3, 0.4) is 0 Å². The first-order chi connectivity index (χ1) is 15.8. The maximum Gasteiger partial charge on any atom is 0.190 e. The summed E-state index contributed by atoms with van der Waals surface area (Å²) in [5.41, 5.74) is 5.88. The third kappa shape index (κ3) is 4.48. The Morgan fingerprint density at radius 2 is 1.66 bits per heavy atom. The summed E-state index contributed by atoms with van der Waals surface area (Å²) in [6, 6.07) is 25.3. The van der Waals surface area contributed by atoms with E-state index in [0.29, 0.717) is 13.2 Å². The van der Waals surface area contributed by atoms with Crippen molar-refractivity contribution in [1.29, 1.82) is 0 Å². The average Bonchev–Trinajstić information content (AvgIpc) is 3.25. The number of aryl methyl sites for hydroxylation is 2. The molecule has 0 aliphatic carbocycles. The van der Waals surface area contributed by atoms with Gasteiger partial charge in [-0.3, -0.25) is 0 Å². The van der Waals surface area contributed by atoms with Gasteiger partial charge in [0.05, 0.1) is 11.4 Å². The fourth-order valence-electron chi connectivity index (χ4n) is 3.87. The molecule has 0 radical (unpaired) electrons. The molecular formula is C27H26N2O2S. The maximum absolute atomic E-state index is 5.82. The van der Waals surface area contributed by atoms with Gasteiger partial charge in [-0.05, 0) is 54.3 Å². The predicted octanol–water partition coefficient (Wildman–Crippen LogP) is 6.03. The van der Waals surface area contributed by atoms with Crippen LogP contribution >= 0.6 is 11.3 Å². The number of fused-ring (bicyclic) bond motifs is 1. The van der Waals surface area contributed by atoms with Crippen molar-refractivity contribution >= 4 is 17.0 Å². The molecule has 4 aromatic rings. The third-order valence-electron chi connectivity index (χ3n) is 5.67. The number of aromatic nitrogens is 1. The molecule has 0 saturated heterocycles. The molecule has 3 aromatic carbocycles. The number of rotatable bonds is 6. The van der Waals surface area contributed by atoms with Gasteiger partial charge >= 0.3 is 0 Å². The van der Waals surface area contributed by atoms with Crippen molar-refractivity contribution in [3.05, 3.63) is 94.1 Å². The van der Waals surface area contributed by atoms with Crippen LogP contribution in [0.2, 0.25) is 0 Å². The second-order valence-corrected chi connectivity index (χ2v) is 8.62. The highest BCUT2D eigenvalue weighted by Gasteiger charge is 2.15. The van der Waals surface area contributed by atoms with Gasteiger partial charge in [-0.15, -0.1) is 11.3 Å². The summed E-state index contributed by atoms with van der Waals surface area (Å²) in [5, 5.41) is 2.19. The highest BCUT2D eigenvalue weighted by atomic mass is 32.1. The Hall–Kier alpha value is -3.31. The largest absolute Gasteiger partial charge is 0.486 e. The molecule has 0 N–H and O–H groups in total. The molecule has 0 saturated carbocycles. The molecule has 1 aromatic heterocycles. The van der Waals surface area contributed by atoms with Gasteiger partial charge in [-0.2, -0.15) is 0 Å². The highest BCUT2D eigenvalue weighted by molar-refractivity contribution is 7.07. The van der Waals surface area contributed by atoms with E-state index in [1.807, 2.05) is 6.07 Å². The van der Waals surface area contributed by atoms with Crippen molar-refractivity contribution in [1.82, 2.24) is 4.57 Å². The first kappa shape index (κ1) is 20.6. The van der Waals surface area contributed by atoms with E-state index < -0.39 is 0 Å². The minimum Gasteiger partial charge on any atom is -0.486 e. The van der Waals surface area contributed by atoms with Crippen LogP contribution in [0.25, 0.3) is 11.3 Å². The van der Waals surface area contributed by atoms with E-state index >= 15 is 0 Å². The molecule has 0 amide bonds. The lowest BCUT2D eigenvalue weighted by atomic mass is 10.1. The lowest BCUT2D eigenvalue weighted by Gasteiger charge is -2.19. The van der Waals surface area contributed by atoms with Gasteiger partial charge in [0.15, 0.2) is 16.3 Å². The summed E-state index contributed by atoms with van der Waals surface area (Å²) in [4.78, 5) is 5.98. The van der Waals surface area contributed by atoms with Gasteiger partial charge in [0.1, 0.15) is 13.2 Å². The Kier molecular flexibility index (Phi) is 6.08. The zero-order valence-electron chi connectivity index (χ0n) is 18.2. The Balaban J connectivity index is 1.54. The Labute approximate surface area is 192 Å². The molecule has 1 aliphatic heterocycles. The predicted molar refractivity (Wildman–Crippen MR) is 130 cm³/mol. The summed E-state index contributed by atoms with van der Waals surface area (Å²) in [5.74, 6) is 1.62. The number of benzene rings is 3. The van der Waals surface area contributed by atoms with Crippen LogP contribution in [0.5, 0.6) is 11.5 Å². The molecule has 0 fully saturated rings. The molecule has 162 valence electrons. The monoisotopic (exact) mass is 442 g/mol. The molecule has 0 bridgehead atoms. The molecule has 0 spiro atoms. The topological polar surface area (TPSA) is 35.8 Å². The molecule has 5 rings (SSSR count). The molecule has 0 unspecified atom stereocenters. The zero-order chi connectivity index (χ0) is 21.8. The molecular weight excluding hydrogens is 416 g/mol. The van der Waals surface area contributed by atoms with Crippen molar-refractivity contribution in [3.63, 3.8) is 0 Å². The summed E-state index contributed by atoms with van der Waals surface area (Å²) in [7, 11) is 0. The van der Waals surface area contributed by atoms with E-state index in [-0.39, 0.29) is 0 Å². The Morgan fingerprint density at radius 3 is 2.44 bits per heavy atom. The minimum atomic E-state index is 0.586.